The van der Waals surface area contributed by atoms with E-state index in [4.69, 9.17) is 21.7 Å². The lowest BCUT2D eigenvalue weighted by atomic mass is 10.5. The van der Waals surface area contributed by atoms with Crippen molar-refractivity contribution in [2.24, 2.45) is 0 Å². The highest BCUT2D eigenvalue weighted by Gasteiger charge is 1.95. The van der Waals surface area contributed by atoms with Crippen molar-refractivity contribution in [1.82, 2.24) is 10.6 Å². The maximum absolute atomic E-state index is 5.34. The first kappa shape index (κ1) is 13.6. The van der Waals surface area contributed by atoms with Crippen molar-refractivity contribution in [2.75, 3.05) is 33.4 Å². The van der Waals surface area contributed by atoms with E-state index in [1.54, 1.807) is 7.11 Å². The summed E-state index contributed by atoms with van der Waals surface area (Å²) in [5, 5.41) is 6.70. The van der Waals surface area contributed by atoms with E-state index in [2.05, 4.69) is 10.6 Å². The molecular formula is C9H20N2O2S. The summed E-state index contributed by atoms with van der Waals surface area (Å²) in [6.45, 7) is 6.81. The van der Waals surface area contributed by atoms with Gasteiger partial charge in [0.1, 0.15) is 0 Å². The Bertz CT molecular complexity index is 154. The third-order valence-corrected chi connectivity index (χ3v) is 1.72. The smallest absolute Gasteiger partial charge is 0.166 e. The van der Waals surface area contributed by atoms with E-state index in [0.29, 0.717) is 18.3 Å². The molecule has 2 N–H and O–H groups in total. The second-order valence-corrected chi connectivity index (χ2v) is 3.50. The molecule has 0 unspecified atom stereocenters. The molecule has 0 aromatic rings. The molecule has 0 aromatic carbocycles. The Morgan fingerprint density at radius 1 is 1.21 bits per heavy atom. The van der Waals surface area contributed by atoms with Gasteiger partial charge in [0.05, 0.1) is 19.3 Å². The van der Waals surface area contributed by atoms with Crippen LogP contribution < -0.4 is 10.6 Å². The van der Waals surface area contributed by atoms with Crippen molar-refractivity contribution in [3.8, 4) is 0 Å². The van der Waals surface area contributed by atoms with Gasteiger partial charge in [0.15, 0.2) is 5.11 Å². The lowest BCUT2D eigenvalue weighted by molar-refractivity contribution is 0.0830. The molecule has 0 saturated heterocycles. The zero-order valence-corrected chi connectivity index (χ0v) is 9.95. The fourth-order valence-electron chi connectivity index (χ4n) is 0.788. The summed E-state index contributed by atoms with van der Waals surface area (Å²) in [5.74, 6) is 0. The standard InChI is InChI=1S/C9H20N2O2S/c1-8(2)13-7-5-11-9(14)10-4-6-12-3/h8H,4-7H2,1-3H3,(H2,10,11,14). The maximum Gasteiger partial charge on any atom is 0.166 e. The molecule has 0 amide bonds. The van der Waals surface area contributed by atoms with Crippen molar-refractivity contribution in [3.63, 3.8) is 0 Å². The number of ether oxygens (including phenoxy) is 2. The lowest BCUT2D eigenvalue weighted by Gasteiger charge is -2.11. The summed E-state index contributed by atoms with van der Waals surface area (Å²) < 4.78 is 10.2. The van der Waals surface area contributed by atoms with Crippen LogP contribution in [-0.4, -0.2) is 44.6 Å². The molecule has 0 rings (SSSR count). The highest BCUT2D eigenvalue weighted by atomic mass is 32.1. The molecule has 5 heteroatoms. The number of nitrogens with one attached hydrogen (secondary N) is 2. The second kappa shape index (κ2) is 9.18. The van der Waals surface area contributed by atoms with Crippen LogP contribution in [0.15, 0.2) is 0 Å². The zero-order valence-electron chi connectivity index (χ0n) is 9.13. The minimum absolute atomic E-state index is 0.270. The minimum Gasteiger partial charge on any atom is -0.383 e. The molecule has 0 aliphatic carbocycles. The lowest BCUT2D eigenvalue weighted by Crippen LogP contribution is -2.38. The Balaban J connectivity index is 3.18. The highest BCUT2D eigenvalue weighted by molar-refractivity contribution is 7.80. The van der Waals surface area contributed by atoms with Crippen molar-refractivity contribution in [3.05, 3.63) is 0 Å². The average Bonchev–Trinajstić information content (AvgIpc) is 2.13. The summed E-state index contributed by atoms with van der Waals surface area (Å²) in [7, 11) is 1.66. The predicted molar refractivity (Wildman–Crippen MR) is 61.6 cm³/mol. The fourth-order valence-corrected chi connectivity index (χ4v) is 0.992. The van der Waals surface area contributed by atoms with Crippen LogP contribution in [0.4, 0.5) is 0 Å². The summed E-state index contributed by atoms with van der Waals surface area (Å²) in [5.41, 5.74) is 0. The van der Waals surface area contributed by atoms with Crippen LogP contribution >= 0.6 is 12.2 Å². The first-order chi connectivity index (χ1) is 6.66. The molecule has 0 aromatic heterocycles. The van der Waals surface area contributed by atoms with E-state index in [1.807, 2.05) is 13.8 Å². The van der Waals surface area contributed by atoms with Crippen LogP contribution in [0.2, 0.25) is 0 Å². The van der Waals surface area contributed by atoms with Crippen LogP contribution in [0.3, 0.4) is 0 Å². The zero-order chi connectivity index (χ0) is 10.8. The van der Waals surface area contributed by atoms with Gasteiger partial charge in [-0.15, -0.1) is 0 Å². The topological polar surface area (TPSA) is 42.5 Å². The quantitative estimate of drug-likeness (QED) is 0.484. The second-order valence-electron chi connectivity index (χ2n) is 3.10. The monoisotopic (exact) mass is 220 g/mol. The van der Waals surface area contributed by atoms with E-state index >= 15 is 0 Å². The molecule has 0 aliphatic heterocycles. The third kappa shape index (κ3) is 9.70. The van der Waals surface area contributed by atoms with Gasteiger partial charge in [-0.1, -0.05) is 0 Å². The van der Waals surface area contributed by atoms with E-state index in [0.717, 1.165) is 13.1 Å². The number of hydrogen-bond donors (Lipinski definition) is 2. The highest BCUT2D eigenvalue weighted by Crippen LogP contribution is 1.84. The number of hydrogen-bond acceptors (Lipinski definition) is 3. The largest absolute Gasteiger partial charge is 0.383 e. The van der Waals surface area contributed by atoms with Gasteiger partial charge >= 0.3 is 0 Å². The third-order valence-electron chi connectivity index (χ3n) is 1.43. The normalized spacial score (nSPS) is 10.3. The molecule has 0 fully saturated rings. The summed E-state index contributed by atoms with van der Waals surface area (Å²) >= 11 is 5.01. The molecule has 0 radical (unpaired) electrons. The molecule has 0 saturated carbocycles. The first-order valence-electron chi connectivity index (χ1n) is 4.79. The van der Waals surface area contributed by atoms with Crippen molar-refractivity contribution in [2.45, 2.75) is 20.0 Å². The van der Waals surface area contributed by atoms with Gasteiger partial charge in [0, 0.05) is 20.2 Å². The summed E-state index contributed by atoms with van der Waals surface area (Å²) in [6.07, 6.45) is 0.270. The maximum atomic E-state index is 5.34. The van der Waals surface area contributed by atoms with Crippen LogP contribution in [0.5, 0.6) is 0 Å². The summed E-state index contributed by atoms with van der Waals surface area (Å²) in [6, 6.07) is 0. The van der Waals surface area contributed by atoms with Gasteiger partial charge in [-0.3, -0.25) is 0 Å². The predicted octanol–water partition coefficient (Wildman–Crippen LogP) is 0.522. The number of rotatable bonds is 7. The number of methoxy groups -OCH3 is 1. The van der Waals surface area contributed by atoms with Crippen molar-refractivity contribution >= 4 is 17.3 Å². The molecule has 0 aliphatic rings. The molecule has 14 heavy (non-hydrogen) atoms. The van der Waals surface area contributed by atoms with Crippen LogP contribution in [0.25, 0.3) is 0 Å². The Labute approximate surface area is 91.3 Å². The molecule has 0 atom stereocenters. The molecular weight excluding hydrogens is 200 g/mol. The molecule has 84 valence electrons. The van der Waals surface area contributed by atoms with Gasteiger partial charge in [-0.25, -0.2) is 0 Å². The van der Waals surface area contributed by atoms with Gasteiger partial charge < -0.3 is 20.1 Å². The minimum atomic E-state index is 0.270. The van der Waals surface area contributed by atoms with E-state index in [1.165, 1.54) is 0 Å². The average molecular weight is 220 g/mol. The van der Waals surface area contributed by atoms with Crippen LogP contribution in [0.1, 0.15) is 13.8 Å². The molecule has 0 spiro atoms. The van der Waals surface area contributed by atoms with Gasteiger partial charge in [-0.05, 0) is 26.1 Å². The number of thiocarbonyl (C=S) groups is 1. The molecule has 0 heterocycles. The van der Waals surface area contributed by atoms with Gasteiger partial charge in [0.2, 0.25) is 0 Å². The molecule has 4 nitrogen and oxygen atoms in total. The van der Waals surface area contributed by atoms with E-state index in [9.17, 15) is 0 Å². The Morgan fingerprint density at radius 2 is 1.79 bits per heavy atom. The summed E-state index contributed by atoms with van der Waals surface area (Å²) in [4.78, 5) is 0. The van der Waals surface area contributed by atoms with Crippen LogP contribution in [-0.2, 0) is 9.47 Å². The van der Waals surface area contributed by atoms with Crippen LogP contribution in [0, 0.1) is 0 Å². The van der Waals surface area contributed by atoms with E-state index < -0.39 is 0 Å². The van der Waals surface area contributed by atoms with Gasteiger partial charge in [0.25, 0.3) is 0 Å². The van der Waals surface area contributed by atoms with Gasteiger partial charge in [-0.2, -0.15) is 0 Å². The Hall–Kier alpha value is -0.390. The Morgan fingerprint density at radius 3 is 2.29 bits per heavy atom. The van der Waals surface area contributed by atoms with E-state index in [-0.39, 0.29) is 6.10 Å². The first-order valence-corrected chi connectivity index (χ1v) is 5.20. The Kier molecular flexibility index (Phi) is 8.92. The fraction of sp³-hybridized carbons (Fsp3) is 0.889. The van der Waals surface area contributed by atoms with Crippen molar-refractivity contribution in [1.29, 1.82) is 0 Å². The SMILES string of the molecule is COCCNC(=S)NCCOC(C)C. The van der Waals surface area contributed by atoms with Crippen molar-refractivity contribution < 1.29 is 9.47 Å². The molecule has 0 bridgehead atoms.